The van der Waals surface area contributed by atoms with Crippen molar-refractivity contribution in [1.82, 2.24) is 0 Å². The maximum absolute atomic E-state index is 5.81. The Labute approximate surface area is 141 Å². The van der Waals surface area contributed by atoms with Crippen molar-refractivity contribution in [3.63, 3.8) is 0 Å². The minimum absolute atomic E-state index is 0.156. The fourth-order valence-electron chi connectivity index (χ4n) is 2.87. The van der Waals surface area contributed by atoms with Crippen molar-refractivity contribution in [2.45, 2.75) is 26.2 Å². The Morgan fingerprint density at radius 1 is 1.00 bits per heavy atom. The number of ether oxygens (including phenoxy) is 2. The first-order valence-electron chi connectivity index (χ1n) is 8.91. The summed E-state index contributed by atoms with van der Waals surface area (Å²) in [4.78, 5) is 3.33. The molecule has 23 heavy (non-hydrogen) atoms. The molecule has 2 rings (SSSR count). The minimum atomic E-state index is 0.156. The molecule has 4 nitrogen and oxygen atoms in total. The van der Waals surface area contributed by atoms with Gasteiger partial charge in [0.25, 0.3) is 0 Å². The van der Waals surface area contributed by atoms with E-state index in [0.29, 0.717) is 13.2 Å². The molecule has 0 atom stereocenters. The van der Waals surface area contributed by atoms with E-state index in [1.807, 2.05) is 6.07 Å². The van der Waals surface area contributed by atoms with E-state index < -0.39 is 0 Å². The summed E-state index contributed by atoms with van der Waals surface area (Å²) in [6.07, 6.45) is 0. The third kappa shape index (κ3) is 6.50. The average molecular weight is 322 g/mol. The normalized spacial score (nSPS) is 22.1. The Hall–Kier alpha value is -1.10. The molecule has 1 aliphatic heterocycles. The van der Waals surface area contributed by atoms with Gasteiger partial charge in [0.2, 0.25) is 0 Å². The average Bonchev–Trinajstić information content (AvgIpc) is 2.52. The Kier molecular flexibility index (Phi) is 6.88. The molecule has 1 aromatic rings. The van der Waals surface area contributed by atoms with Crippen LogP contribution in [0.4, 0.5) is 0 Å². The summed E-state index contributed by atoms with van der Waals surface area (Å²) in [7, 11) is 2.28. The van der Waals surface area contributed by atoms with Crippen molar-refractivity contribution in [2.24, 2.45) is 0 Å². The summed E-state index contributed by atoms with van der Waals surface area (Å²) in [6, 6.07) is 8.38. The number of hydrogen-bond donors (Lipinski definition) is 2. The van der Waals surface area contributed by atoms with Gasteiger partial charge in [-0.1, -0.05) is 32.9 Å². The van der Waals surface area contributed by atoms with Crippen LogP contribution in [0.5, 0.6) is 5.75 Å². The number of likely N-dealkylation sites (N-methyl/N-ethyl adjacent to an activating group) is 1. The molecule has 1 saturated heterocycles. The molecule has 2 N–H and O–H groups in total. The first kappa shape index (κ1) is 18.2. The van der Waals surface area contributed by atoms with Crippen LogP contribution in [0, 0.1) is 0 Å². The zero-order chi connectivity index (χ0) is 16.7. The molecule has 0 amide bonds. The highest BCUT2D eigenvalue weighted by atomic mass is 16.5. The van der Waals surface area contributed by atoms with Crippen LogP contribution in [-0.4, -0.2) is 59.6 Å². The number of rotatable bonds is 7. The van der Waals surface area contributed by atoms with Gasteiger partial charge in [0.05, 0.1) is 20.3 Å². The van der Waals surface area contributed by atoms with Crippen molar-refractivity contribution in [2.75, 3.05) is 59.6 Å². The fourth-order valence-corrected chi connectivity index (χ4v) is 2.87. The summed E-state index contributed by atoms with van der Waals surface area (Å²) in [5, 5.41) is 0. The fraction of sp³-hybridized carbons (Fsp3) is 0.684. The van der Waals surface area contributed by atoms with Crippen molar-refractivity contribution in [1.29, 1.82) is 0 Å². The molecule has 1 aliphatic rings. The van der Waals surface area contributed by atoms with E-state index in [1.165, 1.54) is 31.7 Å². The maximum Gasteiger partial charge on any atom is 0.127 e. The van der Waals surface area contributed by atoms with Crippen LogP contribution in [0.15, 0.2) is 24.3 Å². The molecule has 1 heterocycles. The second-order valence-corrected chi connectivity index (χ2v) is 7.70. The predicted molar refractivity (Wildman–Crippen MR) is 93.6 cm³/mol. The molecule has 0 aromatic heterocycles. The Morgan fingerprint density at radius 2 is 1.74 bits per heavy atom. The second-order valence-electron chi connectivity index (χ2n) is 7.70. The van der Waals surface area contributed by atoms with E-state index >= 15 is 0 Å². The number of nitrogens with one attached hydrogen (secondary N) is 2. The van der Waals surface area contributed by atoms with Gasteiger partial charge in [0.1, 0.15) is 45.1 Å². The largest absolute Gasteiger partial charge is 0.491 e. The number of piperazine rings is 1. The van der Waals surface area contributed by atoms with E-state index in [2.05, 4.69) is 46.0 Å². The van der Waals surface area contributed by atoms with Gasteiger partial charge in [-0.05, 0) is 23.1 Å². The molecular formula is C19H34N2O2+2. The molecule has 0 spiro atoms. The summed E-state index contributed by atoms with van der Waals surface area (Å²) in [6.45, 7) is 15.0. The lowest BCUT2D eigenvalue weighted by Crippen LogP contribution is -3.27. The third-order valence-electron chi connectivity index (χ3n) is 4.61. The lowest BCUT2D eigenvalue weighted by molar-refractivity contribution is -1.00. The predicted octanol–water partition coefficient (Wildman–Crippen LogP) is -0.207. The molecule has 0 saturated carbocycles. The summed E-state index contributed by atoms with van der Waals surface area (Å²) >= 11 is 0. The van der Waals surface area contributed by atoms with E-state index in [9.17, 15) is 0 Å². The molecule has 1 aromatic carbocycles. The van der Waals surface area contributed by atoms with E-state index in [-0.39, 0.29) is 5.41 Å². The molecule has 4 heteroatoms. The molecule has 0 aliphatic carbocycles. The van der Waals surface area contributed by atoms with Gasteiger partial charge in [-0.15, -0.1) is 0 Å². The Balaban J connectivity index is 1.59. The first-order valence-corrected chi connectivity index (χ1v) is 8.91. The standard InChI is InChI=1S/C19H32N2O2/c1-19(2,3)17-6-5-7-18(16-17)23-15-14-22-13-12-21-10-8-20(4)9-11-21/h5-7,16H,8-15H2,1-4H3/p+2. The monoisotopic (exact) mass is 322 g/mol. The van der Waals surface area contributed by atoms with Crippen LogP contribution in [0.1, 0.15) is 26.3 Å². The van der Waals surface area contributed by atoms with Crippen LogP contribution >= 0.6 is 0 Å². The highest BCUT2D eigenvalue weighted by Crippen LogP contribution is 2.25. The Morgan fingerprint density at radius 3 is 2.43 bits per heavy atom. The maximum atomic E-state index is 5.81. The van der Waals surface area contributed by atoms with Gasteiger partial charge < -0.3 is 19.3 Å². The van der Waals surface area contributed by atoms with E-state index in [1.54, 1.807) is 9.80 Å². The van der Waals surface area contributed by atoms with Gasteiger partial charge in [-0.25, -0.2) is 0 Å². The van der Waals surface area contributed by atoms with Crippen molar-refractivity contribution in [3.05, 3.63) is 29.8 Å². The molecule has 0 unspecified atom stereocenters. The van der Waals surface area contributed by atoms with Gasteiger partial charge in [0, 0.05) is 0 Å². The molecule has 0 bridgehead atoms. The second kappa shape index (κ2) is 8.67. The lowest BCUT2D eigenvalue weighted by atomic mass is 9.87. The van der Waals surface area contributed by atoms with Gasteiger partial charge in [-0.3, -0.25) is 0 Å². The van der Waals surface area contributed by atoms with Crippen LogP contribution in [0.2, 0.25) is 0 Å². The van der Waals surface area contributed by atoms with Crippen LogP contribution < -0.4 is 14.5 Å². The summed E-state index contributed by atoms with van der Waals surface area (Å²) < 4.78 is 11.5. The molecule has 130 valence electrons. The van der Waals surface area contributed by atoms with E-state index in [4.69, 9.17) is 9.47 Å². The van der Waals surface area contributed by atoms with E-state index in [0.717, 1.165) is 18.9 Å². The zero-order valence-electron chi connectivity index (χ0n) is 15.3. The first-order chi connectivity index (χ1) is 10.9. The van der Waals surface area contributed by atoms with Gasteiger partial charge in [-0.2, -0.15) is 0 Å². The summed E-state index contributed by atoms with van der Waals surface area (Å²) in [5.41, 5.74) is 1.46. The van der Waals surface area contributed by atoms with Crippen LogP contribution in [0.25, 0.3) is 0 Å². The number of quaternary nitrogens is 2. The number of benzene rings is 1. The van der Waals surface area contributed by atoms with Crippen molar-refractivity contribution >= 4 is 0 Å². The number of hydrogen-bond acceptors (Lipinski definition) is 2. The highest BCUT2D eigenvalue weighted by Gasteiger charge is 2.19. The Bertz CT molecular complexity index is 463. The van der Waals surface area contributed by atoms with Gasteiger partial charge in [0.15, 0.2) is 0 Å². The van der Waals surface area contributed by atoms with Crippen molar-refractivity contribution in [3.8, 4) is 5.75 Å². The van der Waals surface area contributed by atoms with Crippen LogP contribution in [0.3, 0.4) is 0 Å². The van der Waals surface area contributed by atoms with Gasteiger partial charge >= 0.3 is 0 Å². The summed E-state index contributed by atoms with van der Waals surface area (Å²) in [5.74, 6) is 0.939. The van der Waals surface area contributed by atoms with Crippen molar-refractivity contribution < 1.29 is 19.3 Å². The smallest absolute Gasteiger partial charge is 0.127 e. The third-order valence-corrected chi connectivity index (χ3v) is 4.61. The lowest BCUT2D eigenvalue weighted by Gasteiger charge is -2.27. The SMILES string of the molecule is C[NH+]1CC[NH+](CCOCCOc2cccc(C(C)(C)C)c2)CC1. The quantitative estimate of drug-likeness (QED) is 0.680. The highest BCUT2D eigenvalue weighted by molar-refractivity contribution is 5.32. The zero-order valence-corrected chi connectivity index (χ0v) is 15.3. The molecular weight excluding hydrogens is 288 g/mol. The molecule has 0 radical (unpaired) electrons. The van der Waals surface area contributed by atoms with Crippen LogP contribution in [-0.2, 0) is 10.2 Å². The molecule has 1 fully saturated rings. The topological polar surface area (TPSA) is 27.3 Å². The minimum Gasteiger partial charge on any atom is -0.491 e.